The van der Waals surface area contributed by atoms with E-state index in [0.717, 1.165) is 96.3 Å². The Hall–Kier alpha value is -2.04. The summed E-state index contributed by atoms with van der Waals surface area (Å²) < 4.78 is 64.9. The maximum absolute atomic E-state index is 14.3. The number of aliphatic hydroxyl groups excluding tert-OH is 10. The molecule has 1 saturated carbocycles. The van der Waals surface area contributed by atoms with Crippen LogP contribution in [0.1, 0.15) is 284 Å². The topological polar surface area (TPSA) is 374 Å². The van der Waals surface area contributed by atoms with Crippen LogP contribution in [-0.2, 0) is 61.2 Å². The number of unbranched alkanes of at least 4 members (excludes halogenated alkanes) is 35. The Bertz CT molecular complexity index is 1940. The number of carbonyl (C=O) groups excluding carboxylic acids is 3. The fraction of sp³-hybridized carbons (Fsp3) is 0.956. The van der Waals surface area contributed by atoms with Crippen LogP contribution in [0.25, 0.3) is 0 Å². The lowest BCUT2D eigenvalue weighted by Crippen LogP contribution is -2.69. The van der Waals surface area contributed by atoms with E-state index in [-0.39, 0.29) is 19.3 Å². The van der Waals surface area contributed by atoms with Gasteiger partial charge in [-0.3, -0.25) is 23.4 Å². The molecule has 0 aromatic carbocycles. The molecule has 0 spiro atoms. The third kappa shape index (κ3) is 35.0. The van der Waals surface area contributed by atoms with Crippen molar-refractivity contribution >= 4 is 25.7 Å². The highest BCUT2D eigenvalue weighted by Gasteiger charge is 2.58. The molecule has 2 aliphatic heterocycles. The second-order valence-corrected chi connectivity index (χ2v) is 27.7. The molecule has 0 amide bonds. The molecule has 25 heteroatoms. The van der Waals surface area contributed by atoms with E-state index in [0.29, 0.717) is 19.3 Å². The fourth-order valence-corrected chi connectivity index (χ4v) is 13.1. The molecule has 0 aromatic rings. The van der Waals surface area contributed by atoms with Crippen molar-refractivity contribution in [3.8, 4) is 0 Å². The van der Waals surface area contributed by atoms with Gasteiger partial charge in [0.25, 0.3) is 0 Å². The van der Waals surface area contributed by atoms with Crippen molar-refractivity contribution in [2.24, 2.45) is 0 Å². The standard InChI is InChI=1S/C68H127O24P/c1-4-7-10-13-16-19-22-24-25-26-29-32-35-38-41-44-54(72)87-49(46-84-52(70)42-39-36-33-31-28-23-20-17-14-11-8-5-2)47-86-93(82,83)92-66-64(90-67-62(80)57(75)55(73)50(45-69)88-67)60(78)59(77)61(79)65(66)91-68-63(81)58(76)56(74)51(89-68)48-85-53(71)43-40-37-34-30-27-21-18-15-12-9-6-3/h49-51,55-69,73-81H,4-48H2,1-3H3,(H,82,83). The van der Waals surface area contributed by atoms with Gasteiger partial charge >= 0.3 is 25.7 Å². The summed E-state index contributed by atoms with van der Waals surface area (Å²) >= 11 is 0. The first-order valence-corrected chi connectivity index (χ1v) is 37.8. The maximum atomic E-state index is 14.3. The van der Waals surface area contributed by atoms with Crippen LogP contribution in [0.15, 0.2) is 0 Å². The smallest absolute Gasteiger partial charge is 0.463 e. The van der Waals surface area contributed by atoms with Crippen molar-refractivity contribution in [3.63, 3.8) is 0 Å². The molecule has 1 aliphatic carbocycles. The number of hydrogen-bond acceptors (Lipinski definition) is 23. The zero-order chi connectivity index (χ0) is 68.2. The highest BCUT2D eigenvalue weighted by atomic mass is 31.2. The minimum Gasteiger partial charge on any atom is -0.463 e. The molecule has 0 aromatic heterocycles. The maximum Gasteiger partial charge on any atom is 0.472 e. The predicted molar refractivity (Wildman–Crippen MR) is 347 cm³/mol. The molecule has 93 heavy (non-hydrogen) atoms. The molecule has 24 nitrogen and oxygen atoms in total. The normalized spacial score (nSPS) is 28.4. The predicted octanol–water partition coefficient (Wildman–Crippen LogP) is 9.01. The number of carbonyl (C=O) groups is 3. The molecule has 548 valence electrons. The highest BCUT2D eigenvalue weighted by molar-refractivity contribution is 7.47. The zero-order valence-electron chi connectivity index (χ0n) is 56.8. The van der Waals surface area contributed by atoms with Crippen molar-refractivity contribution in [2.45, 2.75) is 388 Å². The van der Waals surface area contributed by atoms with Crippen molar-refractivity contribution < 1.29 is 117 Å². The first-order chi connectivity index (χ1) is 44.8. The van der Waals surface area contributed by atoms with Gasteiger partial charge in [-0.15, -0.1) is 0 Å². The van der Waals surface area contributed by atoms with Crippen LogP contribution < -0.4 is 0 Å². The lowest BCUT2D eigenvalue weighted by Gasteiger charge is -2.49. The molecule has 11 N–H and O–H groups in total. The molecule has 3 fully saturated rings. The molecule has 2 saturated heterocycles. The first kappa shape index (κ1) is 85.2. The average molecular weight is 1360 g/mol. The summed E-state index contributed by atoms with van der Waals surface area (Å²) in [5.74, 6) is -1.98. The largest absolute Gasteiger partial charge is 0.472 e. The van der Waals surface area contributed by atoms with E-state index < -0.39 is 156 Å². The second-order valence-electron chi connectivity index (χ2n) is 26.3. The van der Waals surface area contributed by atoms with Gasteiger partial charge in [0.15, 0.2) is 18.7 Å². The summed E-state index contributed by atoms with van der Waals surface area (Å²) in [6.45, 7) is 3.43. The van der Waals surface area contributed by atoms with E-state index in [1.807, 2.05) is 0 Å². The van der Waals surface area contributed by atoms with Crippen LogP contribution in [0.5, 0.6) is 0 Å². The third-order valence-electron chi connectivity index (χ3n) is 18.1. The molecule has 3 rings (SSSR count). The van der Waals surface area contributed by atoms with E-state index in [1.165, 1.54) is 128 Å². The Morgan fingerprint density at radius 2 is 0.688 bits per heavy atom. The number of hydrogen-bond donors (Lipinski definition) is 11. The zero-order valence-corrected chi connectivity index (χ0v) is 57.7. The van der Waals surface area contributed by atoms with E-state index >= 15 is 0 Å². The molecule has 0 bridgehead atoms. The van der Waals surface area contributed by atoms with Crippen LogP contribution in [0.4, 0.5) is 0 Å². The fourth-order valence-electron chi connectivity index (χ4n) is 12.2. The van der Waals surface area contributed by atoms with Crippen LogP contribution in [-0.4, -0.2) is 204 Å². The van der Waals surface area contributed by atoms with Crippen LogP contribution >= 0.6 is 7.82 Å². The van der Waals surface area contributed by atoms with Gasteiger partial charge in [-0.1, -0.05) is 245 Å². The van der Waals surface area contributed by atoms with Crippen molar-refractivity contribution in [2.75, 3.05) is 26.4 Å². The minimum absolute atomic E-state index is 0.0327. The summed E-state index contributed by atoms with van der Waals surface area (Å²) in [7, 11) is -5.69. The minimum atomic E-state index is -5.69. The van der Waals surface area contributed by atoms with Gasteiger partial charge in [0, 0.05) is 19.3 Å². The number of phosphoric ester groups is 1. The molecule has 2 heterocycles. The summed E-state index contributed by atoms with van der Waals surface area (Å²) in [5.41, 5.74) is 0. The number of esters is 3. The third-order valence-corrected chi connectivity index (χ3v) is 19.1. The number of rotatable bonds is 56. The summed E-state index contributed by atoms with van der Waals surface area (Å²) in [6, 6.07) is 0. The van der Waals surface area contributed by atoms with Crippen LogP contribution in [0.3, 0.4) is 0 Å². The Morgan fingerprint density at radius 1 is 0.376 bits per heavy atom. The van der Waals surface area contributed by atoms with Gasteiger partial charge < -0.3 is 89.1 Å². The van der Waals surface area contributed by atoms with E-state index in [9.17, 15) is 74.9 Å². The Kier molecular flexibility index (Phi) is 46.9. The lowest BCUT2D eigenvalue weighted by atomic mass is 9.84. The summed E-state index contributed by atoms with van der Waals surface area (Å²) in [6.07, 6.45) is 6.23. The van der Waals surface area contributed by atoms with Gasteiger partial charge in [-0.25, -0.2) is 4.57 Å². The Labute approximate surface area is 555 Å². The number of phosphoric acid groups is 1. The first-order valence-electron chi connectivity index (χ1n) is 36.3. The van der Waals surface area contributed by atoms with E-state index in [4.69, 9.17) is 42.2 Å². The Morgan fingerprint density at radius 3 is 1.05 bits per heavy atom. The van der Waals surface area contributed by atoms with Gasteiger partial charge in [0.1, 0.15) is 98.7 Å². The molecule has 18 unspecified atom stereocenters. The molecule has 0 radical (unpaired) electrons. The highest BCUT2D eigenvalue weighted by Crippen LogP contribution is 2.49. The molecule has 18 atom stereocenters. The average Bonchev–Trinajstić information content (AvgIpc) is 0.825. The quantitative estimate of drug-likeness (QED) is 0.0117. The van der Waals surface area contributed by atoms with Gasteiger partial charge in [0.05, 0.1) is 13.2 Å². The van der Waals surface area contributed by atoms with Gasteiger partial charge in [-0.05, 0) is 19.3 Å². The number of ether oxygens (including phenoxy) is 7. The van der Waals surface area contributed by atoms with Crippen LogP contribution in [0.2, 0.25) is 0 Å². The second kappa shape index (κ2) is 51.2. The van der Waals surface area contributed by atoms with Crippen molar-refractivity contribution in [3.05, 3.63) is 0 Å². The van der Waals surface area contributed by atoms with Crippen molar-refractivity contribution in [1.29, 1.82) is 0 Å². The number of aliphatic hydroxyl groups is 10. The monoisotopic (exact) mass is 1360 g/mol. The van der Waals surface area contributed by atoms with E-state index in [2.05, 4.69) is 20.8 Å². The van der Waals surface area contributed by atoms with Gasteiger partial charge in [0.2, 0.25) is 0 Å². The van der Waals surface area contributed by atoms with Crippen LogP contribution in [0, 0.1) is 0 Å². The van der Waals surface area contributed by atoms with Crippen molar-refractivity contribution in [1.82, 2.24) is 0 Å². The molecular formula is C68H127O24P. The molecule has 3 aliphatic rings. The van der Waals surface area contributed by atoms with Gasteiger partial charge in [-0.2, -0.15) is 0 Å². The summed E-state index contributed by atoms with van der Waals surface area (Å²) in [4.78, 5) is 50.8. The SMILES string of the molecule is CCCCCCCCCCCCCCCCCC(=O)OC(COC(=O)CCCCCCCCCCCCCC)COP(=O)(O)OC1C(OC2OC(CO)C(O)C(O)C2O)C(O)C(O)C(O)C1OC1OC(COC(=O)CCCCCCCCCCCCC)C(O)C(O)C1O. The lowest BCUT2D eigenvalue weighted by molar-refractivity contribution is -0.360. The summed E-state index contributed by atoms with van der Waals surface area (Å²) in [5, 5.41) is 110. The van der Waals surface area contributed by atoms with E-state index in [1.54, 1.807) is 0 Å². The Balaban J connectivity index is 1.75. The molecular weight excluding hydrogens is 1230 g/mol.